The fourth-order valence-corrected chi connectivity index (χ4v) is 5.47. The molecule has 30 heavy (non-hydrogen) atoms. The van der Waals surface area contributed by atoms with Gasteiger partial charge in [-0.25, -0.2) is 4.98 Å². The molecule has 0 radical (unpaired) electrons. The van der Waals surface area contributed by atoms with Gasteiger partial charge < -0.3 is 15.2 Å². The van der Waals surface area contributed by atoms with Crippen LogP contribution in [-0.4, -0.2) is 47.2 Å². The van der Waals surface area contributed by atoms with Gasteiger partial charge >= 0.3 is 0 Å². The Morgan fingerprint density at radius 2 is 2.30 bits per heavy atom. The van der Waals surface area contributed by atoms with E-state index in [0.29, 0.717) is 17.9 Å². The van der Waals surface area contributed by atoms with Gasteiger partial charge in [0, 0.05) is 28.5 Å². The van der Waals surface area contributed by atoms with Gasteiger partial charge in [-0.15, -0.1) is 11.3 Å². The molecule has 1 aliphatic rings. The number of nitrogens with one attached hydrogen (secondary N) is 1. The Morgan fingerprint density at radius 3 is 3.13 bits per heavy atom. The van der Waals surface area contributed by atoms with Crippen molar-refractivity contribution in [3.8, 4) is 5.75 Å². The van der Waals surface area contributed by atoms with Crippen molar-refractivity contribution in [3.63, 3.8) is 0 Å². The van der Waals surface area contributed by atoms with E-state index in [1.807, 2.05) is 30.3 Å². The number of carbonyl (C=O) groups is 1. The number of halogens is 1. The Bertz CT molecular complexity index is 1080. The van der Waals surface area contributed by atoms with Crippen LogP contribution in [0.4, 0.5) is 5.69 Å². The summed E-state index contributed by atoms with van der Waals surface area (Å²) in [6, 6.07) is 11.2. The first-order valence-electron chi connectivity index (χ1n) is 9.51. The van der Waals surface area contributed by atoms with Crippen LogP contribution in [0.3, 0.4) is 0 Å². The van der Waals surface area contributed by atoms with Crippen molar-refractivity contribution in [1.29, 1.82) is 0 Å². The first kappa shape index (κ1) is 21.5. The van der Waals surface area contributed by atoms with Gasteiger partial charge in [0.25, 0.3) is 0 Å². The standard InChI is InChI=1S/C21H20IN3O3S2/c22-14-3-6-18(26)13(8-14)10-23-15-4-5-17-19(9-15)30-21(25-17)29-12-20(27)24-11-16-2-1-7-28-16/h3-6,8-10,16,26H,1-2,7,11-12H2,(H,24,27)/t16-/m1/s1. The number of phenols is 1. The van der Waals surface area contributed by atoms with Gasteiger partial charge in [-0.1, -0.05) is 11.8 Å². The van der Waals surface area contributed by atoms with Crippen LogP contribution in [0.2, 0.25) is 0 Å². The summed E-state index contributed by atoms with van der Waals surface area (Å²) < 4.78 is 8.42. The van der Waals surface area contributed by atoms with E-state index < -0.39 is 0 Å². The number of thiazole rings is 1. The number of carbonyl (C=O) groups excluding carboxylic acids is 1. The van der Waals surface area contributed by atoms with Crippen LogP contribution in [0.25, 0.3) is 10.2 Å². The minimum atomic E-state index is -0.00246. The highest BCUT2D eigenvalue weighted by atomic mass is 127. The van der Waals surface area contributed by atoms with Crippen LogP contribution < -0.4 is 5.32 Å². The molecule has 0 aliphatic carbocycles. The number of benzene rings is 2. The number of ether oxygens (including phenoxy) is 1. The predicted molar refractivity (Wildman–Crippen MR) is 130 cm³/mol. The molecule has 1 fully saturated rings. The number of hydrogen-bond acceptors (Lipinski definition) is 7. The van der Waals surface area contributed by atoms with E-state index in [1.165, 1.54) is 11.8 Å². The Hall–Kier alpha value is -1.69. The molecule has 156 valence electrons. The zero-order valence-electron chi connectivity index (χ0n) is 16.0. The maximum atomic E-state index is 12.1. The van der Waals surface area contributed by atoms with Crippen molar-refractivity contribution in [2.45, 2.75) is 23.3 Å². The molecule has 0 spiro atoms. The lowest BCUT2D eigenvalue weighted by Crippen LogP contribution is -2.32. The van der Waals surface area contributed by atoms with Gasteiger partial charge in [0.2, 0.25) is 5.91 Å². The lowest BCUT2D eigenvalue weighted by atomic mass is 10.2. The van der Waals surface area contributed by atoms with Crippen molar-refractivity contribution in [2.24, 2.45) is 4.99 Å². The quantitative estimate of drug-likeness (QED) is 0.251. The lowest BCUT2D eigenvalue weighted by Gasteiger charge is -2.09. The maximum Gasteiger partial charge on any atom is 0.230 e. The van der Waals surface area contributed by atoms with Crippen LogP contribution in [0.15, 0.2) is 45.7 Å². The summed E-state index contributed by atoms with van der Waals surface area (Å²) in [6.07, 6.45) is 3.90. The van der Waals surface area contributed by atoms with Crippen molar-refractivity contribution < 1.29 is 14.6 Å². The molecule has 2 aromatic carbocycles. The van der Waals surface area contributed by atoms with Crippen LogP contribution in [-0.2, 0) is 9.53 Å². The summed E-state index contributed by atoms with van der Waals surface area (Å²) in [6.45, 7) is 1.37. The van der Waals surface area contributed by atoms with Crippen molar-refractivity contribution >= 4 is 73.7 Å². The molecule has 0 unspecified atom stereocenters. The van der Waals surface area contributed by atoms with Crippen LogP contribution >= 0.6 is 45.7 Å². The van der Waals surface area contributed by atoms with E-state index >= 15 is 0 Å². The second kappa shape index (κ2) is 10.1. The molecule has 4 rings (SSSR count). The summed E-state index contributed by atoms with van der Waals surface area (Å²) in [7, 11) is 0. The Balaban J connectivity index is 1.36. The molecule has 9 heteroatoms. The van der Waals surface area contributed by atoms with Gasteiger partial charge in [0.1, 0.15) is 5.75 Å². The molecule has 1 aromatic heterocycles. The predicted octanol–water partition coefficient (Wildman–Crippen LogP) is 4.74. The number of fused-ring (bicyclic) bond motifs is 1. The second-order valence-corrected chi connectivity index (χ2v) is 10.3. The number of phenolic OH excluding ortho intramolecular Hbond substituents is 1. The first-order chi connectivity index (χ1) is 14.6. The average Bonchev–Trinajstić information content (AvgIpc) is 3.40. The number of amides is 1. The first-order valence-corrected chi connectivity index (χ1v) is 12.4. The fourth-order valence-electron chi connectivity index (χ4n) is 3.02. The highest BCUT2D eigenvalue weighted by molar-refractivity contribution is 14.1. The van der Waals surface area contributed by atoms with E-state index in [0.717, 1.165) is 43.3 Å². The summed E-state index contributed by atoms with van der Waals surface area (Å²) in [4.78, 5) is 21.1. The number of rotatable bonds is 7. The van der Waals surface area contributed by atoms with Crippen LogP contribution in [0.5, 0.6) is 5.75 Å². The number of aliphatic imine (C=N–C) groups is 1. The average molecular weight is 553 g/mol. The smallest absolute Gasteiger partial charge is 0.230 e. The van der Waals surface area contributed by atoms with Crippen molar-refractivity contribution in [1.82, 2.24) is 10.3 Å². The number of aromatic nitrogens is 1. The Morgan fingerprint density at radius 1 is 1.40 bits per heavy atom. The van der Waals surface area contributed by atoms with Gasteiger partial charge in [-0.05, 0) is 71.8 Å². The molecule has 1 saturated heterocycles. The molecular weight excluding hydrogens is 533 g/mol. The SMILES string of the molecule is O=C(CSc1nc2ccc(N=Cc3cc(I)ccc3O)cc2s1)NC[C@H]1CCCO1. The number of nitrogens with zero attached hydrogens (tertiary/aromatic N) is 2. The molecule has 2 heterocycles. The summed E-state index contributed by atoms with van der Waals surface area (Å²) in [5.74, 6) is 0.538. The molecular formula is C21H20IN3O3S2. The fraction of sp³-hybridized carbons (Fsp3) is 0.286. The molecule has 6 nitrogen and oxygen atoms in total. The van der Waals surface area contributed by atoms with Crippen LogP contribution in [0, 0.1) is 3.57 Å². The molecule has 1 amide bonds. The van der Waals surface area contributed by atoms with E-state index in [4.69, 9.17) is 4.74 Å². The minimum absolute atomic E-state index is 0.00246. The number of thioether (sulfide) groups is 1. The highest BCUT2D eigenvalue weighted by Crippen LogP contribution is 2.32. The lowest BCUT2D eigenvalue weighted by molar-refractivity contribution is -0.119. The van der Waals surface area contributed by atoms with Gasteiger partial charge in [0.05, 0.1) is 27.8 Å². The third-order valence-electron chi connectivity index (χ3n) is 4.57. The molecule has 0 bridgehead atoms. The van der Waals surface area contributed by atoms with Gasteiger partial charge in [-0.2, -0.15) is 0 Å². The molecule has 1 aliphatic heterocycles. The molecule has 0 saturated carbocycles. The van der Waals surface area contributed by atoms with E-state index in [1.54, 1.807) is 23.6 Å². The van der Waals surface area contributed by atoms with Crippen molar-refractivity contribution in [3.05, 3.63) is 45.5 Å². The monoisotopic (exact) mass is 553 g/mol. The highest BCUT2D eigenvalue weighted by Gasteiger charge is 2.16. The van der Waals surface area contributed by atoms with Crippen LogP contribution in [0.1, 0.15) is 18.4 Å². The normalized spacial score (nSPS) is 16.5. The molecule has 2 N–H and O–H groups in total. The largest absolute Gasteiger partial charge is 0.507 e. The molecule has 3 aromatic rings. The van der Waals surface area contributed by atoms with E-state index in [2.05, 4.69) is 37.9 Å². The van der Waals surface area contributed by atoms with E-state index in [-0.39, 0.29) is 17.8 Å². The summed E-state index contributed by atoms with van der Waals surface area (Å²) in [5.41, 5.74) is 2.35. The number of hydrogen-bond donors (Lipinski definition) is 2. The number of aromatic hydroxyl groups is 1. The third kappa shape index (κ3) is 5.71. The van der Waals surface area contributed by atoms with E-state index in [9.17, 15) is 9.90 Å². The second-order valence-electron chi connectivity index (χ2n) is 6.82. The maximum absolute atomic E-state index is 12.1. The van der Waals surface area contributed by atoms with Gasteiger partial charge in [-0.3, -0.25) is 9.79 Å². The third-order valence-corrected chi connectivity index (χ3v) is 7.40. The summed E-state index contributed by atoms with van der Waals surface area (Å²) in [5, 5.41) is 12.9. The van der Waals surface area contributed by atoms with Crippen molar-refractivity contribution in [2.75, 3.05) is 18.9 Å². The Kier molecular flexibility index (Phi) is 7.24. The topological polar surface area (TPSA) is 83.8 Å². The minimum Gasteiger partial charge on any atom is -0.507 e. The Labute approximate surface area is 196 Å². The zero-order valence-corrected chi connectivity index (χ0v) is 19.8. The molecule has 1 atom stereocenters. The van der Waals surface area contributed by atoms with Gasteiger partial charge in [0.15, 0.2) is 4.34 Å². The summed E-state index contributed by atoms with van der Waals surface area (Å²) >= 11 is 5.19. The zero-order chi connectivity index (χ0) is 20.9.